The summed E-state index contributed by atoms with van der Waals surface area (Å²) in [5, 5.41) is 10.6. The van der Waals surface area contributed by atoms with Gasteiger partial charge in [0.2, 0.25) is 0 Å². The third kappa shape index (κ3) is 5.48. The molecule has 0 saturated carbocycles. The second kappa shape index (κ2) is 6.25. The highest BCUT2D eigenvalue weighted by molar-refractivity contribution is 8.00. The average molecular weight is 314 g/mol. The fourth-order valence-corrected chi connectivity index (χ4v) is 2.07. The number of non-ortho nitro benzene ring substituents is 1. The molecule has 0 bridgehead atoms. The van der Waals surface area contributed by atoms with Crippen LogP contribution in [-0.2, 0) is 11.2 Å². The number of hydrogen-bond donors (Lipinski definition) is 0. The molecule has 0 spiro atoms. The molecule has 0 heterocycles. The van der Waals surface area contributed by atoms with Crippen molar-refractivity contribution in [3.8, 4) is 0 Å². The number of halogens is 4. The number of alkyl halides is 4. The summed E-state index contributed by atoms with van der Waals surface area (Å²) in [6, 6.07) is 2.97. The van der Waals surface area contributed by atoms with E-state index >= 15 is 0 Å². The minimum atomic E-state index is -4.55. The first kappa shape index (κ1) is 15.8. The lowest BCUT2D eigenvalue weighted by Gasteiger charge is -2.07. The smallest absolute Gasteiger partial charge is 0.298 e. The number of carbonyl (C=O) groups excluding carboxylic acids is 1. The summed E-state index contributed by atoms with van der Waals surface area (Å²) in [5.74, 6) is -0.727. The van der Waals surface area contributed by atoms with Crippen molar-refractivity contribution in [2.75, 3.05) is 5.88 Å². The van der Waals surface area contributed by atoms with Crippen molar-refractivity contribution >= 4 is 34.8 Å². The van der Waals surface area contributed by atoms with Gasteiger partial charge >= 0.3 is 5.51 Å². The minimum absolute atomic E-state index is 0.131. The Morgan fingerprint density at radius 3 is 2.47 bits per heavy atom. The zero-order valence-corrected chi connectivity index (χ0v) is 10.8. The maximum absolute atomic E-state index is 12.2. The quantitative estimate of drug-likeness (QED) is 0.361. The molecule has 0 aliphatic rings. The highest BCUT2D eigenvalue weighted by Crippen LogP contribution is 2.38. The third-order valence-corrected chi connectivity index (χ3v) is 2.95. The molecule has 0 atom stereocenters. The lowest BCUT2D eigenvalue weighted by Crippen LogP contribution is -2.05. The van der Waals surface area contributed by atoms with E-state index in [1.165, 1.54) is 0 Å². The van der Waals surface area contributed by atoms with Gasteiger partial charge in [0.15, 0.2) is 5.78 Å². The molecule has 0 aliphatic carbocycles. The van der Waals surface area contributed by atoms with Crippen LogP contribution in [-0.4, -0.2) is 22.1 Å². The molecule has 1 rings (SSSR count). The molecule has 0 radical (unpaired) electrons. The Kier molecular flexibility index (Phi) is 5.19. The van der Waals surface area contributed by atoms with Gasteiger partial charge in [0.05, 0.1) is 10.8 Å². The Morgan fingerprint density at radius 1 is 1.37 bits per heavy atom. The number of hydrogen-bond acceptors (Lipinski definition) is 4. The third-order valence-electron chi connectivity index (χ3n) is 1.95. The molecule has 1 aromatic carbocycles. The van der Waals surface area contributed by atoms with Crippen LogP contribution < -0.4 is 0 Å². The maximum Gasteiger partial charge on any atom is 0.446 e. The highest BCUT2D eigenvalue weighted by Gasteiger charge is 2.30. The lowest BCUT2D eigenvalue weighted by molar-refractivity contribution is -0.385. The van der Waals surface area contributed by atoms with Crippen LogP contribution in [0.25, 0.3) is 0 Å². The summed E-state index contributed by atoms with van der Waals surface area (Å²) in [4.78, 5) is 20.6. The van der Waals surface area contributed by atoms with Crippen molar-refractivity contribution in [3.63, 3.8) is 0 Å². The SMILES string of the molecule is O=C(CCl)Cc1cc(SC(F)(F)F)cc([N+](=O)[O-])c1. The van der Waals surface area contributed by atoms with Gasteiger partial charge in [0.25, 0.3) is 5.69 Å². The molecular formula is C10H7ClF3NO3S. The predicted molar refractivity (Wildman–Crippen MR) is 64.4 cm³/mol. The van der Waals surface area contributed by atoms with Gasteiger partial charge < -0.3 is 0 Å². The van der Waals surface area contributed by atoms with E-state index in [-0.39, 0.29) is 22.8 Å². The molecule has 0 amide bonds. The molecule has 0 N–H and O–H groups in total. The van der Waals surface area contributed by atoms with E-state index in [1.54, 1.807) is 0 Å². The van der Waals surface area contributed by atoms with Crippen molar-refractivity contribution < 1.29 is 22.9 Å². The standard InChI is InChI=1S/C10H7ClF3NO3S/c11-5-8(16)2-6-1-7(15(17)18)4-9(3-6)19-10(12,13)14/h1,3-4H,2,5H2. The number of nitrogens with zero attached hydrogens (tertiary/aromatic N) is 1. The van der Waals surface area contributed by atoms with Crippen LogP contribution in [0.3, 0.4) is 0 Å². The van der Waals surface area contributed by atoms with Gasteiger partial charge in [0.1, 0.15) is 0 Å². The average Bonchev–Trinajstić information content (AvgIpc) is 2.25. The maximum atomic E-state index is 12.2. The number of carbonyl (C=O) groups is 1. The lowest BCUT2D eigenvalue weighted by atomic mass is 10.1. The summed E-state index contributed by atoms with van der Waals surface area (Å²) < 4.78 is 36.7. The minimum Gasteiger partial charge on any atom is -0.298 e. The zero-order valence-electron chi connectivity index (χ0n) is 9.24. The topological polar surface area (TPSA) is 60.2 Å². The van der Waals surface area contributed by atoms with E-state index in [0.29, 0.717) is 0 Å². The molecule has 9 heteroatoms. The number of nitro benzene ring substituents is 1. The van der Waals surface area contributed by atoms with Crippen LogP contribution in [0.4, 0.5) is 18.9 Å². The fraction of sp³-hybridized carbons (Fsp3) is 0.300. The number of ketones is 1. The monoisotopic (exact) mass is 313 g/mol. The van der Waals surface area contributed by atoms with Crippen molar-refractivity contribution in [1.82, 2.24) is 0 Å². The van der Waals surface area contributed by atoms with Crippen LogP contribution >= 0.6 is 23.4 Å². The van der Waals surface area contributed by atoms with E-state index in [1.807, 2.05) is 0 Å². The van der Waals surface area contributed by atoms with E-state index in [2.05, 4.69) is 0 Å². The van der Waals surface area contributed by atoms with E-state index in [4.69, 9.17) is 11.6 Å². The highest BCUT2D eigenvalue weighted by atomic mass is 35.5. The molecule has 0 fully saturated rings. The van der Waals surface area contributed by atoms with E-state index in [9.17, 15) is 28.1 Å². The van der Waals surface area contributed by atoms with Gasteiger partial charge in [-0.1, -0.05) is 0 Å². The first-order valence-electron chi connectivity index (χ1n) is 4.83. The molecule has 0 saturated heterocycles. The predicted octanol–water partition coefficient (Wildman–Crippen LogP) is 3.56. The van der Waals surface area contributed by atoms with Gasteiger partial charge in [0, 0.05) is 23.4 Å². The van der Waals surface area contributed by atoms with Gasteiger partial charge in [-0.05, 0) is 23.4 Å². The molecular weight excluding hydrogens is 307 g/mol. The zero-order chi connectivity index (χ0) is 14.6. The van der Waals surface area contributed by atoms with Crippen molar-refractivity contribution in [2.45, 2.75) is 16.8 Å². The summed E-state index contributed by atoms with van der Waals surface area (Å²) in [5.41, 5.74) is -4.92. The molecule has 4 nitrogen and oxygen atoms in total. The van der Waals surface area contributed by atoms with Gasteiger partial charge in [-0.15, -0.1) is 11.6 Å². The number of thioether (sulfide) groups is 1. The van der Waals surface area contributed by atoms with Crippen molar-refractivity contribution in [1.29, 1.82) is 0 Å². The summed E-state index contributed by atoms with van der Waals surface area (Å²) in [7, 11) is 0. The number of Topliss-reactive ketones (excluding diaryl/α,β-unsaturated/α-hetero) is 1. The molecule has 19 heavy (non-hydrogen) atoms. The first-order chi connectivity index (χ1) is 8.71. The molecule has 0 aliphatic heterocycles. The Hall–Kier alpha value is -1.28. The molecule has 0 aromatic heterocycles. The van der Waals surface area contributed by atoms with Gasteiger partial charge in [-0.25, -0.2) is 0 Å². The Morgan fingerprint density at radius 2 is 2.00 bits per heavy atom. The number of benzene rings is 1. The van der Waals surface area contributed by atoms with Crippen LogP contribution in [0.2, 0.25) is 0 Å². The Bertz CT molecular complexity index is 507. The van der Waals surface area contributed by atoms with Crippen LogP contribution in [0.1, 0.15) is 5.56 Å². The summed E-state index contributed by atoms with van der Waals surface area (Å²) in [6.45, 7) is 0. The number of rotatable bonds is 5. The second-order valence-electron chi connectivity index (χ2n) is 3.49. The first-order valence-corrected chi connectivity index (χ1v) is 6.18. The number of nitro groups is 1. The normalized spacial score (nSPS) is 11.4. The van der Waals surface area contributed by atoms with Gasteiger partial charge in [-0.3, -0.25) is 14.9 Å². The van der Waals surface area contributed by atoms with Crippen molar-refractivity contribution in [3.05, 3.63) is 33.9 Å². The van der Waals surface area contributed by atoms with Crippen LogP contribution in [0.5, 0.6) is 0 Å². The largest absolute Gasteiger partial charge is 0.446 e. The Labute approximate surface area is 115 Å². The van der Waals surface area contributed by atoms with Crippen LogP contribution in [0.15, 0.2) is 23.1 Å². The summed E-state index contributed by atoms with van der Waals surface area (Å²) in [6.07, 6.45) is -0.239. The molecule has 104 valence electrons. The summed E-state index contributed by atoms with van der Waals surface area (Å²) >= 11 is 4.81. The molecule has 0 unspecified atom stereocenters. The van der Waals surface area contributed by atoms with Crippen molar-refractivity contribution in [2.24, 2.45) is 0 Å². The second-order valence-corrected chi connectivity index (χ2v) is 4.89. The van der Waals surface area contributed by atoms with E-state index < -0.39 is 33.7 Å². The molecule has 1 aromatic rings. The van der Waals surface area contributed by atoms with Crippen LogP contribution in [0, 0.1) is 10.1 Å². The van der Waals surface area contributed by atoms with E-state index in [0.717, 1.165) is 18.2 Å². The van der Waals surface area contributed by atoms with Gasteiger partial charge in [-0.2, -0.15) is 13.2 Å². The Balaban J connectivity index is 3.10. The fourth-order valence-electron chi connectivity index (χ4n) is 1.32.